The third kappa shape index (κ3) is 1.59. The number of hydrogen-bond donors (Lipinski definition) is 0. The molecule has 0 aliphatic carbocycles. The lowest BCUT2D eigenvalue weighted by Crippen LogP contribution is -2.34. The molecule has 1 saturated heterocycles. The van der Waals surface area contributed by atoms with E-state index in [9.17, 15) is 0 Å². The largest absolute Gasteiger partial charge is 0.297 e. The van der Waals surface area contributed by atoms with Crippen molar-refractivity contribution in [3.63, 3.8) is 0 Å². The highest BCUT2D eigenvalue weighted by Gasteiger charge is 2.34. The van der Waals surface area contributed by atoms with Crippen LogP contribution in [-0.4, -0.2) is 24.0 Å². The van der Waals surface area contributed by atoms with Crippen LogP contribution in [0.2, 0.25) is 5.02 Å². The first-order valence-corrected chi connectivity index (χ1v) is 6.31. The van der Waals surface area contributed by atoms with Gasteiger partial charge in [-0.2, -0.15) is 0 Å². The van der Waals surface area contributed by atoms with Crippen molar-refractivity contribution < 1.29 is 0 Å². The molecule has 2 bridgehead atoms. The van der Waals surface area contributed by atoms with E-state index in [1.54, 1.807) is 0 Å². The van der Waals surface area contributed by atoms with Gasteiger partial charge in [-0.15, -0.1) is 0 Å². The Labute approximate surface area is 102 Å². The third-order valence-electron chi connectivity index (χ3n) is 3.96. The molecule has 1 nitrogen and oxygen atoms in total. The highest BCUT2D eigenvalue weighted by molar-refractivity contribution is 6.32. The van der Waals surface area contributed by atoms with Gasteiger partial charge in [0.05, 0.1) is 0 Å². The highest BCUT2D eigenvalue weighted by atomic mass is 35.5. The predicted molar refractivity (Wildman–Crippen MR) is 68.6 cm³/mol. The van der Waals surface area contributed by atoms with Crippen molar-refractivity contribution >= 4 is 17.2 Å². The van der Waals surface area contributed by atoms with Crippen LogP contribution >= 0.6 is 11.6 Å². The van der Waals surface area contributed by atoms with Gasteiger partial charge in [-0.3, -0.25) is 4.90 Å². The Morgan fingerprint density at radius 2 is 2.06 bits per heavy atom. The summed E-state index contributed by atoms with van der Waals surface area (Å²) < 4.78 is 0. The quantitative estimate of drug-likeness (QED) is 0.717. The van der Waals surface area contributed by atoms with Crippen LogP contribution in [0.4, 0.5) is 0 Å². The Hall–Kier alpha value is -0.790. The minimum atomic E-state index is 0.630. The molecular formula is C14H16ClN. The van der Waals surface area contributed by atoms with Crippen molar-refractivity contribution in [1.82, 2.24) is 4.90 Å². The molecule has 1 fully saturated rings. The molecule has 0 N–H and O–H groups in total. The maximum atomic E-state index is 6.26. The summed E-state index contributed by atoms with van der Waals surface area (Å²) in [5.41, 5.74) is 2.67. The lowest BCUT2D eigenvalue weighted by Gasteiger charge is -2.30. The molecular weight excluding hydrogens is 218 g/mol. The monoisotopic (exact) mass is 233 g/mol. The van der Waals surface area contributed by atoms with Crippen molar-refractivity contribution in [3.8, 4) is 0 Å². The van der Waals surface area contributed by atoms with Crippen LogP contribution in [0.15, 0.2) is 30.3 Å². The van der Waals surface area contributed by atoms with Crippen molar-refractivity contribution in [3.05, 3.63) is 40.9 Å². The van der Waals surface area contributed by atoms with Crippen molar-refractivity contribution in [2.75, 3.05) is 7.05 Å². The number of halogens is 1. The first kappa shape index (κ1) is 10.4. The Kier molecular flexibility index (Phi) is 2.53. The molecule has 0 spiro atoms. The molecule has 2 unspecified atom stereocenters. The van der Waals surface area contributed by atoms with Crippen molar-refractivity contribution in [1.29, 1.82) is 0 Å². The molecule has 2 heterocycles. The average molecular weight is 234 g/mol. The summed E-state index contributed by atoms with van der Waals surface area (Å²) in [6.07, 6.45) is 6.18. The van der Waals surface area contributed by atoms with E-state index in [-0.39, 0.29) is 0 Å². The normalized spacial score (nSPS) is 29.2. The zero-order valence-electron chi connectivity index (χ0n) is 9.49. The summed E-state index contributed by atoms with van der Waals surface area (Å²) in [6.45, 7) is 0. The van der Waals surface area contributed by atoms with Gasteiger partial charge < -0.3 is 0 Å². The molecule has 0 saturated carbocycles. The number of benzene rings is 1. The number of hydrogen-bond acceptors (Lipinski definition) is 1. The fraction of sp³-hybridized carbons (Fsp3) is 0.429. The van der Waals surface area contributed by atoms with E-state index in [4.69, 9.17) is 11.6 Å². The van der Waals surface area contributed by atoms with Crippen LogP contribution in [0, 0.1) is 0 Å². The second-order valence-corrected chi connectivity index (χ2v) is 5.25. The zero-order chi connectivity index (χ0) is 11.1. The first-order valence-electron chi connectivity index (χ1n) is 5.93. The van der Waals surface area contributed by atoms with Crippen molar-refractivity contribution in [2.45, 2.75) is 31.3 Å². The summed E-state index contributed by atoms with van der Waals surface area (Å²) in [5.74, 6) is 0. The van der Waals surface area contributed by atoms with Gasteiger partial charge in [0.15, 0.2) is 0 Å². The molecule has 2 heteroatoms. The smallest absolute Gasteiger partial charge is 0.0481 e. The Bertz CT molecular complexity index is 438. The minimum absolute atomic E-state index is 0.630. The maximum absolute atomic E-state index is 6.26. The summed E-state index contributed by atoms with van der Waals surface area (Å²) in [4.78, 5) is 2.50. The average Bonchev–Trinajstić information content (AvgIpc) is 2.53. The second-order valence-electron chi connectivity index (χ2n) is 4.84. The molecule has 3 rings (SSSR count). The van der Waals surface area contributed by atoms with Crippen LogP contribution in [-0.2, 0) is 0 Å². The van der Waals surface area contributed by atoms with Crippen molar-refractivity contribution in [2.24, 2.45) is 0 Å². The van der Waals surface area contributed by atoms with Gasteiger partial charge in [0.25, 0.3) is 0 Å². The summed E-state index contributed by atoms with van der Waals surface area (Å²) in [5, 5.41) is 0.887. The van der Waals surface area contributed by atoms with Gasteiger partial charge in [-0.05, 0) is 43.5 Å². The Morgan fingerprint density at radius 3 is 2.81 bits per heavy atom. The zero-order valence-corrected chi connectivity index (χ0v) is 10.2. The molecule has 0 radical (unpaired) electrons. The SMILES string of the molecule is CN1C2C=C(c3ccccc3Cl)CC1CC2. The van der Waals surface area contributed by atoms with E-state index in [2.05, 4.69) is 30.2 Å². The topological polar surface area (TPSA) is 3.24 Å². The fourth-order valence-corrected chi connectivity index (χ4v) is 3.22. The molecule has 0 amide bonds. The molecule has 16 heavy (non-hydrogen) atoms. The maximum Gasteiger partial charge on any atom is 0.0481 e. The van der Waals surface area contributed by atoms with Gasteiger partial charge in [-0.1, -0.05) is 35.9 Å². The van der Waals surface area contributed by atoms with Crippen LogP contribution in [0.25, 0.3) is 5.57 Å². The Balaban J connectivity index is 1.98. The van der Waals surface area contributed by atoms with Gasteiger partial charge in [-0.25, -0.2) is 0 Å². The van der Waals surface area contributed by atoms with E-state index in [1.165, 1.54) is 24.0 Å². The summed E-state index contributed by atoms with van der Waals surface area (Å²) in [7, 11) is 2.24. The van der Waals surface area contributed by atoms with Crippen LogP contribution in [0.5, 0.6) is 0 Å². The van der Waals surface area contributed by atoms with Crippen LogP contribution in [0.1, 0.15) is 24.8 Å². The molecule has 2 aliphatic rings. The lowest BCUT2D eigenvalue weighted by molar-refractivity contribution is 0.264. The molecule has 2 aliphatic heterocycles. The number of rotatable bonds is 1. The van der Waals surface area contributed by atoms with Crippen LogP contribution < -0.4 is 0 Å². The minimum Gasteiger partial charge on any atom is -0.297 e. The fourth-order valence-electron chi connectivity index (χ4n) is 2.96. The van der Waals surface area contributed by atoms with E-state index in [0.29, 0.717) is 6.04 Å². The van der Waals surface area contributed by atoms with Gasteiger partial charge in [0.2, 0.25) is 0 Å². The van der Waals surface area contributed by atoms with Crippen LogP contribution in [0.3, 0.4) is 0 Å². The van der Waals surface area contributed by atoms with E-state index in [1.807, 2.05) is 12.1 Å². The highest BCUT2D eigenvalue weighted by Crippen LogP contribution is 2.38. The molecule has 84 valence electrons. The predicted octanol–water partition coefficient (Wildman–Crippen LogP) is 3.59. The molecule has 1 aromatic carbocycles. The molecule has 1 aromatic rings. The lowest BCUT2D eigenvalue weighted by atomic mass is 9.95. The first-order chi connectivity index (χ1) is 7.75. The Morgan fingerprint density at radius 1 is 1.25 bits per heavy atom. The molecule has 2 atom stereocenters. The number of likely N-dealkylation sites (N-methyl/N-ethyl adjacent to an activating group) is 1. The number of fused-ring (bicyclic) bond motifs is 2. The number of nitrogens with zero attached hydrogens (tertiary/aromatic N) is 1. The van der Waals surface area contributed by atoms with Gasteiger partial charge >= 0.3 is 0 Å². The van der Waals surface area contributed by atoms with E-state index < -0.39 is 0 Å². The molecule has 0 aromatic heterocycles. The summed E-state index contributed by atoms with van der Waals surface area (Å²) >= 11 is 6.26. The second kappa shape index (κ2) is 3.90. The third-order valence-corrected chi connectivity index (χ3v) is 4.29. The van der Waals surface area contributed by atoms with E-state index >= 15 is 0 Å². The van der Waals surface area contributed by atoms with Gasteiger partial charge in [0.1, 0.15) is 0 Å². The van der Waals surface area contributed by atoms with Gasteiger partial charge in [0, 0.05) is 17.1 Å². The summed E-state index contributed by atoms with van der Waals surface area (Å²) in [6, 6.07) is 9.54. The van der Waals surface area contributed by atoms with E-state index in [0.717, 1.165) is 17.5 Å². The standard InChI is InChI=1S/C14H16ClN/c1-16-11-6-7-12(16)9-10(8-11)13-4-2-3-5-14(13)15/h2-5,8,11-12H,6-7,9H2,1H3.